The van der Waals surface area contributed by atoms with Crippen LogP contribution in [0.3, 0.4) is 0 Å². The molecule has 2 atom stereocenters. The van der Waals surface area contributed by atoms with E-state index in [2.05, 4.69) is 57.8 Å². The molecular formula is C23H40IN5O2. The number of hydrogen-bond acceptors (Lipinski definition) is 4. The maximum atomic E-state index is 12.0. The molecule has 1 heterocycles. The molecule has 8 heteroatoms. The van der Waals surface area contributed by atoms with Crippen molar-refractivity contribution in [1.82, 2.24) is 20.4 Å². The zero-order chi connectivity index (χ0) is 21.8. The lowest BCUT2D eigenvalue weighted by Gasteiger charge is -2.38. The smallest absolute Gasteiger partial charge is 0.243 e. The highest BCUT2D eigenvalue weighted by Gasteiger charge is 2.26. The van der Waals surface area contributed by atoms with Gasteiger partial charge in [-0.3, -0.25) is 9.69 Å². The second-order valence-electron chi connectivity index (χ2n) is 8.10. The van der Waals surface area contributed by atoms with E-state index in [1.807, 2.05) is 6.92 Å². The van der Waals surface area contributed by atoms with E-state index < -0.39 is 0 Å². The molecule has 1 aromatic rings. The molecule has 1 fully saturated rings. The maximum Gasteiger partial charge on any atom is 0.243 e. The second-order valence-corrected chi connectivity index (χ2v) is 8.10. The third-order valence-electron chi connectivity index (χ3n) is 5.42. The topological polar surface area (TPSA) is 69.2 Å². The standard InChI is InChI=1S/C23H39N5O2.HI/c1-5-30-15-9-13-24-23(25-17-22(29)27(3)4)26-21-12-14-28(19(2)16-21)18-20-10-7-6-8-11-20;/h6-8,10-11,19,21H,5,9,12-18H2,1-4H3,(H2,24,25,26);1H. The van der Waals surface area contributed by atoms with Crippen LogP contribution in [0, 0.1) is 0 Å². The molecule has 1 aliphatic heterocycles. The van der Waals surface area contributed by atoms with Gasteiger partial charge < -0.3 is 20.3 Å². The van der Waals surface area contributed by atoms with Gasteiger partial charge in [-0.15, -0.1) is 24.0 Å². The lowest BCUT2D eigenvalue weighted by molar-refractivity contribution is -0.127. The van der Waals surface area contributed by atoms with Crippen molar-refractivity contribution < 1.29 is 9.53 Å². The average molecular weight is 546 g/mol. The molecule has 1 saturated heterocycles. The molecule has 2 unspecified atom stereocenters. The Kier molecular flexibility index (Phi) is 13.7. The minimum atomic E-state index is -0.00327. The number of hydrogen-bond donors (Lipinski definition) is 2. The third-order valence-corrected chi connectivity index (χ3v) is 5.42. The Labute approximate surface area is 205 Å². The summed E-state index contributed by atoms with van der Waals surface area (Å²) < 4.78 is 5.40. The summed E-state index contributed by atoms with van der Waals surface area (Å²) in [5, 5.41) is 6.92. The first-order valence-corrected chi connectivity index (χ1v) is 11.1. The highest BCUT2D eigenvalue weighted by atomic mass is 127. The predicted octanol–water partition coefficient (Wildman–Crippen LogP) is 2.71. The van der Waals surface area contributed by atoms with Gasteiger partial charge in [-0.1, -0.05) is 30.3 Å². The van der Waals surface area contributed by atoms with E-state index >= 15 is 0 Å². The van der Waals surface area contributed by atoms with Gasteiger partial charge in [0.15, 0.2) is 5.96 Å². The number of likely N-dealkylation sites (tertiary alicyclic amines) is 1. The van der Waals surface area contributed by atoms with Crippen molar-refractivity contribution in [2.45, 2.75) is 51.7 Å². The van der Waals surface area contributed by atoms with Gasteiger partial charge in [-0.05, 0) is 38.7 Å². The van der Waals surface area contributed by atoms with Crippen LogP contribution in [0.5, 0.6) is 0 Å². The SMILES string of the molecule is CCOCCCNC(=NCC(=O)N(C)C)NC1CCN(Cc2ccccc2)C(C)C1.I. The molecule has 176 valence electrons. The minimum absolute atomic E-state index is 0. The average Bonchev–Trinajstić information content (AvgIpc) is 2.74. The Morgan fingerprint density at radius 2 is 2.03 bits per heavy atom. The van der Waals surface area contributed by atoms with Crippen LogP contribution in [-0.2, 0) is 16.1 Å². The van der Waals surface area contributed by atoms with Crippen molar-refractivity contribution in [3.05, 3.63) is 35.9 Å². The number of benzene rings is 1. The molecule has 0 saturated carbocycles. The summed E-state index contributed by atoms with van der Waals surface area (Å²) >= 11 is 0. The van der Waals surface area contributed by atoms with Gasteiger partial charge in [0.05, 0.1) is 0 Å². The zero-order valence-corrected chi connectivity index (χ0v) is 21.8. The van der Waals surface area contributed by atoms with Gasteiger partial charge in [-0.25, -0.2) is 4.99 Å². The highest BCUT2D eigenvalue weighted by Crippen LogP contribution is 2.19. The third kappa shape index (κ3) is 10.7. The number of halogens is 1. The minimum Gasteiger partial charge on any atom is -0.382 e. The molecule has 1 aliphatic rings. The van der Waals surface area contributed by atoms with Crippen LogP contribution in [0.2, 0.25) is 0 Å². The lowest BCUT2D eigenvalue weighted by Crippen LogP contribution is -2.51. The number of carbonyl (C=O) groups excluding carboxylic acids is 1. The first-order valence-electron chi connectivity index (χ1n) is 11.1. The van der Waals surface area contributed by atoms with E-state index in [1.54, 1.807) is 19.0 Å². The number of carbonyl (C=O) groups is 1. The van der Waals surface area contributed by atoms with Crippen molar-refractivity contribution in [3.8, 4) is 0 Å². The van der Waals surface area contributed by atoms with Gasteiger partial charge in [-0.2, -0.15) is 0 Å². The normalized spacial score (nSPS) is 19.4. The Morgan fingerprint density at radius 1 is 1.29 bits per heavy atom. The van der Waals surface area contributed by atoms with Gasteiger partial charge in [0.1, 0.15) is 6.54 Å². The van der Waals surface area contributed by atoms with Crippen LogP contribution in [0.1, 0.15) is 38.7 Å². The van der Waals surface area contributed by atoms with E-state index in [4.69, 9.17) is 4.74 Å². The number of nitrogens with one attached hydrogen (secondary N) is 2. The van der Waals surface area contributed by atoms with Gasteiger partial charge in [0.25, 0.3) is 0 Å². The molecule has 7 nitrogen and oxygen atoms in total. The van der Waals surface area contributed by atoms with Crippen molar-refractivity contribution in [2.75, 3.05) is 46.9 Å². The number of ether oxygens (including phenoxy) is 1. The van der Waals surface area contributed by atoms with E-state index in [-0.39, 0.29) is 36.4 Å². The largest absolute Gasteiger partial charge is 0.382 e. The fourth-order valence-corrected chi connectivity index (χ4v) is 3.56. The molecule has 0 aliphatic carbocycles. The summed E-state index contributed by atoms with van der Waals surface area (Å²) in [6, 6.07) is 11.5. The summed E-state index contributed by atoms with van der Waals surface area (Å²) in [5.41, 5.74) is 1.36. The molecule has 1 aromatic carbocycles. The van der Waals surface area contributed by atoms with E-state index in [0.29, 0.717) is 12.1 Å². The highest BCUT2D eigenvalue weighted by molar-refractivity contribution is 14.0. The molecule has 2 N–H and O–H groups in total. The Morgan fingerprint density at radius 3 is 2.68 bits per heavy atom. The number of amides is 1. The molecule has 1 amide bonds. The number of nitrogens with zero attached hydrogens (tertiary/aromatic N) is 3. The van der Waals surface area contributed by atoms with Crippen molar-refractivity contribution in [2.24, 2.45) is 4.99 Å². The van der Waals surface area contributed by atoms with Crippen LogP contribution >= 0.6 is 24.0 Å². The van der Waals surface area contributed by atoms with Crippen molar-refractivity contribution in [1.29, 1.82) is 0 Å². The van der Waals surface area contributed by atoms with Crippen LogP contribution in [-0.4, -0.2) is 80.7 Å². The number of likely N-dealkylation sites (N-methyl/N-ethyl adjacent to an activating group) is 1. The second kappa shape index (κ2) is 15.4. The van der Waals surface area contributed by atoms with Gasteiger partial charge in [0, 0.05) is 59.0 Å². The molecule has 31 heavy (non-hydrogen) atoms. The monoisotopic (exact) mass is 545 g/mol. The van der Waals surface area contributed by atoms with E-state index in [0.717, 1.165) is 58.1 Å². The predicted molar refractivity (Wildman–Crippen MR) is 138 cm³/mol. The first-order chi connectivity index (χ1) is 14.5. The molecule has 0 bridgehead atoms. The fraction of sp³-hybridized carbons (Fsp3) is 0.652. The Hall–Kier alpha value is -1.39. The summed E-state index contributed by atoms with van der Waals surface area (Å²) in [7, 11) is 3.51. The Bertz CT molecular complexity index is 657. The molecule has 0 spiro atoms. The quantitative estimate of drug-likeness (QED) is 0.205. The van der Waals surface area contributed by atoms with Crippen LogP contribution in [0.4, 0.5) is 0 Å². The molecule has 2 rings (SSSR count). The Balaban J connectivity index is 0.00000480. The van der Waals surface area contributed by atoms with Crippen LogP contribution in [0.15, 0.2) is 35.3 Å². The van der Waals surface area contributed by atoms with Crippen LogP contribution in [0.25, 0.3) is 0 Å². The molecular weight excluding hydrogens is 505 g/mol. The van der Waals surface area contributed by atoms with Crippen molar-refractivity contribution in [3.63, 3.8) is 0 Å². The lowest BCUT2D eigenvalue weighted by atomic mass is 9.97. The summed E-state index contributed by atoms with van der Waals surface area (Å²) in [4.78, 5) is 20.6. The maximum absolute atomic E-state index is 12.0. The molecule has 0 radical (unpaired) electrons. The van der Waals surface area contributed by atoms with E-state index in [1.165, 1.54) is 5.56 Å². The summed E-state index contributed by atoms with van der Waals surface area (Å²) in [6.07, 6.45) is 3.01. The summed E-state index contributed by atoms with van der Waals surface area (Å²) in [5.74, 6) is 0.715. The molecule has 0 aromatic heterocycles. The zero-order valence-electron chi connectivity index (χ0n) is 19.5. The van der Waals surface area contributed by atoms with Crippen LogP contribution < -0.4 is 10.6 Å². The number of aliphatic imine (C=N–C) groups is 1. The van der Waals surface area contributed by atoms with Crippen molar-refractivity contribution >= 4 is 35.8 Å². The number of guanidine groups is 1. The number of piperidine rings is 1. The van der Waals surface area contributed by atoms with Gasteiger partial charge in [0.2, 0.25) is 5.91 Å². The number of rotatable bonds is 10. The van der Waals surface area contributed by atoms with E-state index in [9.17, 15) is 4.79 Å². The fourth-order valence-electron chi connectivity index (χ4n) is 3.56. The van der Waals surface area contributed by atoms with Gasteiger partial charge >= 0.3 is 0 Å². The first kappa shape index (κ1) is 27.6. The summed E-state index contributed by atoms with van der Waals surface area (Å²) in [6.45, 7) is 8.70.